The lowest BCUT2D eigenvalue weighted by molar-refractivity contribution is -0.158. The molecule has 0 aromatic heterocycles. The maximum absolute atomic E-state index is 14.3. The van der Waals surface area contributed by atoms with Crippen LogP contribution in [0.2, 0.25) is 0 Å². The van der Waals surface area contributed by atoms with Crippen LogP contribution in [0.4, 0.5) is 0 Å². The lowest BCUT2D eigenvalue weighted by Crippen LogP contribution is -2.54. The van der Waals surface area contributed by atoms with Crippen LogP contribution in [-0.2, 0) is 9.59 Å². The van der Waals surface area contributed by atoms with Gasteiger partial charge in [0.05, 0.1) is 19.1 Å². The van der Waals surface area contributed by atoms with E-state index in [2.05, 4.69) is 0 Å². The van der Waals surface area contributed by atoms with Gasteiger partial charge in [-0.15, -0.1) is 0 Å². The van der Waals surface area contributed by atoms with E-state index >= 15 is 0 Å². The Kier molecular flexibility index (Phi) is 7.48. The second-order valence-electron chi connectivity index (χ2n) is 10.2. The number of ketones is 1. The van der Waals surface area contributed by atoms with Gasteiger partial charge in [0.15, 0.2) is 5.78 Å². The summed E-state index contributed by atoms with van der Waals surface area (Å²) < 4.78 is 5.33. The van der Waals surface area contributed by atoms with Crippen LogP contribution in [0.15, 0.2) is 84.9 Å². The number of ether oxygens (including phenoxy) is 1. The molecule has 4 atom stereocenters. The number of benzene rings is 3. The van der Waals surface area contributed by atoms with Crippen molar-refractivity contribution >= 4 is 17.7 Å². The van der Waals surface area contributed by atoms with Crippen LogP contribution in [0, 0.1) is 11.8 Å². The second kappa shape index (κ2) is 10.6. The van der Waals surface area contributed by atoms with Crippen molar-refractivity contribution in [1.82, 2.24) is 4.90 Å². The highest BCUT2D eigenvalue weighted by Gasteiger charge is 2.64. The van der Waals surface area contributed by atoms with Gasteiger partial charge in [-0.25, -0.2) is 4.79 Å². The Hall–Kier alpha value is -3.93. The largest absolute Gasteiger partial charge is 0.497 e. The van der Waals surface area contributed by atoms with Crippen molar-refractivity contribution in [3.63, 3.8) is 0 Å². The van der Waals surface area contributed by atoms with Crippen LogP contribution in [0.5, 0.6) is 5.75 Å². The van der Waals surface area contributed by atoms with Crippen LogP contribution in [0.25, 0.3) is 0 Å². The van der Waals surface area contributed by atoms with Crippen LogP contribution >= 0.6 is 0 Å². The summed E-state index contributed by atoms with van der Waals surface area (Å²) in [5.41, 5.74) is 0.225. The topological polar surface area (TPSA) is 83.9 Å². The molecule has 192 valence electrons. The monoisotopic (exact) mass is 499 g/mol. The highest BCUT2D eigenvalue weighted by atomic mass is 16.5. The number of carboxylic acid groups (broad SMARTS) is 1. The molecular weight excluding hydrogens is 466 g/mol. The van der Waals surface area contributed by atoms with E-state index < -0.39 is 29.4 Å². The minimum absolute atomic E-state index is 0.0149. The van der Waals surface area contributed by atoms with Crippen molar-refractivity contribution in [2.75, 3.05) is 7.11 Å². The lowest BCUT2D eigenvalue weighted by atomic mass is 9.71. The Labute approximate surface area is 217 Å². The average molecular weight is 500 g/mol. The van der Waals surface area contributed by atoms with E-state index in [1.165, 1.54) is 4.90 Å². The Bertz CT molecular complexity index is 1260. The molecule has 0 radical (unpaired) electrons. The lowest BCUT2D eigenvalue weighted by Gasteiger charge is -2.38. The number of methoxy groups -OCH3 is 1. The van der Waals surface area contributed by atoms with Crippen molar-refractivity contribution in [3.05, 3.63) is 102 Å². The number of likely N-dealkylation sites (tertiary alicyclic amines) is 1. The number of aliphatic carboxylic acids is 1. The van der Waals surface area contributed by atoms with Crippen LogP contribution in [0.3, 0.4) is 0 Å². The summed E-state index contributed by atoms with van der Waals surface area (Å²) in [6, 6.07) is 24.5. The third kappa shape index (κ3) is 4.76. The highest BCUT2D eigenvalue weighted by Crippen LogP contribution is 2.56. The summed E-state index contributed by atoms with van der Waals surface area (Å²) in [6.45, 7) is 5.44. The Balaban J connectivity index is 2.02. The van der Waals surface area contributed by atoms with E-state index in [0.29, 0.717) is 22.4 Å². The van der Waals surface area contributed by atoms with Gasteiger partial charge in [0.25, 0.3) is 0 Å². The van der Waals surface area contributed by atoms with E-state index in [0.717, 1.165) is 0 Å². The van der Waals surface area contributed by atoms with Gasteiger partial charge in [0, 0.05) is 17.9 Å². The van der Waals surface area contributed by atoms with E-state index in [4.69, 9.17) is 4.74 Å². The number of carbonyl (C=O) groups excluding carboxylic acids is 2. The second-order valence-corrected chi connectivity index (χ2v) is 10.2. The van der Waals surface area contributed by atoms with Gasteiger partial charge in [-0.1, -0.05) is 86.6 Å². The molecule has 0 saturated carbocycles. The fourth-order valence-corrected chi connectivity index (χ4v) is 5.67. The molecule has 1 aliphatic rings. The molecule has 1 saturated heterocycles. The molecule has 1 heterocycles. The summed E-state index contributed by atoms with van der Waals surface area (Å²) in [6.07, 6.45) is 0.170. The van der Waals surface area contributed by atoms with Gasteiger partial charge < -0.3 is 14.7 Å². The number of Topliss-reactive ketones (excluding diaryl/α,β-unsaturated/α-hetero) is 1. The fourth-order valence-electron chi connectivity index (χ4n) is 5.67. The first-order valence-corrected chi connectivity index (χ1v) is 12.5. The standard InChI is InChI=1S/C31H33NO5/c1-20(2)19-25(33)32-28(22-15-17-24(37-4)18-16-22)26(29(34)23-13-9-6-10-14-23)27(31(32,3)30(35)36)21-11-7-5-8-12-21/h5-18,20,26-28H,19H2,1-4H3,(H,35,36). The number of amides is 1. The molecule has 0 aliphatic carbocycles. The molecule has 4 unspecified atom stereocenters. The molecule has 1 fully saturated rings. The quantitative estimate of drug-likeness (QED) is 0.399. The fraction of sp³-hybridized carbons (Fsp3) is 0.323. The van der Waals surface area contributed by atoms with E-state index in [9.17, 15) is 19.5 Å². The SMILES string of the molecule is COc1ccc(C2C(C(=O)c3ccccc3)C(c3ccccc3)C(C)(C(=O)O)N2C(=O)CC(C)C)cc1. The number of hydrogen-bond donors (Lipinski definition) is 1. The predicted molar refractivity (Wildman–Crippen MR) is 142 cm³/mol. The third-order valence-electron chi connectivity index (χ3n) is 7.35. The van der Waals surface area contributed by atoms with Gasteiger partial charge in [-0.2, -0.15) is 0 Å². The van der Waals surface area contributed by atoms with Gasteiger partial charge in [-0.3, -0.25) is 9.59 Å². The minimum atomic E-state index is -1.66. The Morgan fingerprint density at radius 3 is 1.97 bits per heavy atom. The zero-order valence-corrected chi connectivity index (χ0v) is 21.6. The number of rotatable bonds is 8. The first kappa shape index (κ1) is 26.1. The van der Waals surface area contributed by atoms with Crippen molar-refractivity contribution in [2.45, 2.75) is 44.7 Å². The first-order valence-electron chi connectivity index (χ1n) is 12.5. The predicted octanol–water partition coefficient (Wildman–Crippen LogP) is 5.75. The number of carboxylic acids is 1. The van der Waals surface area contributed by atoms with Crippen molar-refractivity contribution < 1.29 is 24.2 Å². The maximum atomic E-state index is 14.3. The van der Waals surface area contributed by atoms with Crippen molar-refractivity contribution in [1.29, 1.82) is 0 Å². The summed E-state index contributed by atoms with van der Waals surface area (Å²) in [4.78, 5) is 42.8. The molecule has 3 aromatic rings. The van der Waals surface area contributed by atoms with Gasteiger partial charge >= 0.3 is 5.97 Å². The smallest absolute Gasteiger partial charge is 0.330 e. The number of carbonyl (C=O) groups is 3. The molecule has 1 aliphatic heterocycles. The number of hydrogen-bond acceptors (Lipinski definition) is 4. The van der Waals surface area contributed by atoms with Crippen molar-refractivity contribution in [3.8, 4) is 5.75 Å². The molecule has 3 aromatic carbocycles. The molecule has 0 spiro atoms. The van der Waals surface area contributed by atoms with Gasteiger partial charge in [0.2, 0.25) is 5.91 Å². The first-order chi connectivity index (χ1) is 17.7. The van der Waals surface area contributed by atoms with E-state index in [1.807, 2.05) is 62.4 Å². The highest BCUT2D eigenvalue weighted by molar-refractivity contribution is 6.02. The molecule has 6 nitrogen and oxygen atoms in total. The zero-order chi connectivity index (χ0) is 26.7. The molecule has 0 bridgehead atoms. The van der Waals surface area contributed by atoms with Gasteiger partial charge in [-0.05, 0) is 36.1 Å². The van der Waals surface area contributed by atoms with Crippen LogP contribution in [0.1, 0.15) is 60.6 Å². The van der Waals surface area contributed by atoms with Crippen LogP contribution < -0.4 is 4.74 Å². The van der Waals surface area contributed by atoms with E-state index in [1.54, 1.807) is 50.4 Å². The summed E-state index contributed by atoms with van der Waals surface area (Å²) in [5, 5.41) is 10.7. The Morgan fingerprint density at radius 1 is 0.892 bits per heavy atom. The maximum Gasteiger partial charge on any atom is 0.330 e. The average Bonchev–Trinajstić information content (AvgIpc) is 3.19. The molecule has 6 heteroatoms. The molecule has 1 amide bonds. The third-order valence-corrected chi connectivity index (χ3v) is 7.35. The van der Waals surface area contributed by atoms with Crippen LogP contribution in [-0.4, -0.2) is 40.3 Å². The molecule has 37 heavy (non-hydrogen) atoms. The summed E-state index contributed by atoms with van der Waals surface area (Å²) >= 11 is 0. The summed E-state index contributed by atoms with van der Waals surface area (Å²) in [7, 11) is 1.57. The molecule has 4 rings (SSSR count). The van der Waals surface area contributed by atoms with Gasteiger partial charge in [0.1, 0.15) is 11.3 Å². The molecule has 1 N–H and O–H groups in total. The normalized spacial score (nSPS) is 23.2. The number of nitrogens with zero attached hydrogens (tertiary/aromatic N) is 1. The summed E-state index contributed by atoms with van der Waals surface area (Å²) in [5.74, 6) is -2.57. The van der Waals surface area contributed by atoms with Crippen molar-refractivity contribution in [2.24, 2.45) is 11.8 Å². The van der Waals surface area contributed by atoms with E-state index in [-0.39, 0.29) is 24.0 Å². The zero-order valence-electron chi connectivity index (χ0n) is 21.6. The Morgan fingerprint density at radius 2 is 1.46 bits per heavy atom. The molecular formula is C31H33NO5. The minimum Gasteiger partial charge on any atom is -0.497 e.